The van der Waals surface area contributed by atoms with E-state index in [0.29, 0.717) is 18.3 Å². The molecule has 0 heterocycles. The molecule has 1 aliphatic carbocycles. The first kappa shape index (κ1) is 11.2. The molecule has 0 aromatic rings. The molecule has 1 rings (SSSR count). The fourth-order valence-electron chi connectivity index (χ4n) is 1.49. The maximum atomic E-state index is 11.2. The topological polar surface area (TPSA) is 26.3 Å². The smallest absolute Gasteiger partial charge is 0.146 e. The van der Waals surface area contributed by atoms with Crippen LogP contribution in [-0.2, 0) is 9.53 Å². The van der Waals surface area contributed by atoms with Crippen molar-refractivity contribution in [3.63, 3.8) is 0 Å². The van der Waals surface area contributed by atoms with Gasteiger partial charge in [0.15, 0.2) is 0 Å². The van der Waals surface area contributed by atoms with Crippen LogP contribution < -0.4 is 0 Å². The average Bonchev–Trinajstić information content (AvgIpc) is 2.12. The van der Waals surface area contributed by atoms with E-state index in [9.17, 15) is 4.79 Å². The van der Waals surface area contributed by atoms with Crippen molar-refractivity contribution in [2.45, 2.75) is 50.0 Å². The van der Waals surface area contributed by atoms with Crippen LogP contribution in [0.1, 0.15) is 39.0 Å². The molecule has 0 radical (unpaired) electrons. The minimum atomic E-state index is 0.0351. The van der Waals surface area contributed by atoms with Gasteiger partial charge in [-0.2, -0.15) is 0 Å². The number of Topliss-reactive ketones (excluding diaryl/α,β-unsaturated/α-hetero) is 1. The normalized spacial score (nSPS) is 29.2. The molecule has 0 bridgehead atoms. The molecule has 0 aromatic heterocycles. The SMILES string of the molecule is CCCCOC1CCC(=O)C(Br)C1. The molecule has 1 fully saturated rings. The Bertz CT molecular complexity index is 170. The fourth-order valence-corrected chi connectivity index (χ4v) is 2.13. The Morgan fingerprint density at radius 3 is 3.00 bits per heavy atom. The molecule has 0 spiro atoms. The van der Waals surface area contributed by atoms with Crippen LogP contribution in [0.25, 0.3) is 0 Å². The largest absolute Gasteiger partial charge is 0.378 e. The number of ether oxygens (including phenoxy) is 1. The van der Waals surface area contributed by atoms with Crippen LogP contribution in [0.3, 0.4) is 0 Å². The number of hydrogen-bond donors (Lipinski definition) is 0. The van der Waals surface area contributed by atoms with E-state index in [1.54, 1.807) is 0 Å². The minimum absolute atomic E-state index is 0.0351. The van der Waals surface area contributed by atoms with Crippen molar-refractivity contribution in [3.8, 4) is 0 Å². The van der Waals surface area contributed by atoms with Crippen molar-refractivity contribution in [1.82, 2.24) is 0 Å². The van der Waals surface area contributed by atoms with Crippen LogP contribution in [0.5, 0.6) is 0 Å². The summed E-state index contributed by atoms with van der Waals surface area (Å²) in [6.45, 7) is 3.00. The van der Waals surface area contributed by atoms with Gasteiger partial charge in [-0.25, -0.2) is 0 Å². The maximum Gasteiger partial charge on any atom is 0.146 e. The summed E-state index contributed by atoms with van der Waals surface area (Å²) in [6.07, 6.45) is 5.02. The molecule has 0 saturated heterocycles. The number of carbonyl (C=O) groups is 1. The molecule has 76 valence electrons. The van der Waals surface area contributed by atoms with Crippen LogP contribution in [0, 0.1) is 0 Å². The highest BCUT2D eigenvalue weighted by molar-refractivity contribution is 9.10. The first-order valence-corrected chi connectivity index (χ1v) is 5.94. The lowest BCUT2D eigenvalue weighted by Gasteiger charge is -2.24. The number of halogens is 1. The van der Waals surface area contributed by atoms with Crippen molar-refractivity contribution in [1.29, 1.82) is 0 Å². The van der Waals surface area contributed by atoms with Crippen LogP contribution in [0.15, 0.2) is 0 Å². The lowest BCUT2D eigenvalue weighted by Crippen LogP contribution is -2.30. The molecule has 2 atom stereocenters. The highest BCUT2D eigenvalue weighted by Crippen LogP contribution is 2.23. The molecule has 0 amide bonds. The van der Waals surface area contributed by atoms with Crippen molar-refractivity contribution >= 4 is 21.7 Å². The predicted octanol–water partition coefficient (Wildman–Crippen LogP) is 2.69. The predicted molar refractivity (Wildman–Crippen MR) is 56.2 cm³/mol. The Morgan fingerprint density at radius 1 is 1.62 bits per heavy atom. The molecular formula is C10H17BrO2. The lowest BCUT2D eigenvalue weighted by atomic mass is 9.96. The van der Waals surface area contributed by atoms with Gasteiger partial charge < -0.3 is 4.74 Å². The third-order valence-corrected chi connectivity index (χ3v) is 3.27. The van der Waals surface area contributed by atoms with E-state index in [4.69, 9.17) is 4.74 Å². The number of unbranched alkanes of at least 4 members (excludes halogenated alkanes) is 1. The van der Waals surface area contributed by atoms with E-state index < -0.39 is 0 Å². The number of alkyl halides is 1. The van der Waals surface area contributed by atoms with Gasteiger partial charge in [-0.15, -0.1) is 0 Å². The van der Waals surface area contributed by atoms with Gasteiger partial charge in [0.25, 0.3) is 0 Å². The third kappa shape index (κ3) is 3.77. The van der Waals surface area contributed by atoms with Crippen LogP contribution in [0.2, 0.25) is 0 Å². The fraction of sp³-hybridized carbons (Fsp3) is 0.900. The molecular weight excluding hydrogens is 232 g/mol. The minimum Gasteiger partial charge on any atom is -0.378 e. The maximum absolute atomic E-state index is 11.2. The Hall–Kier alpha value is 0.110. The van der Waals surface area contributed by atoms with Crippen molar-refractivity contribution in [2.75, 3.05) is 6.61 Å². The summed E-state index contributed by atoms with van der Waals surface area (Å²) < 4.78 is 5.66. The summed E-state index contributed by atoms with van der Waals surface area (Å²) in [5.74, 6) is 0.329. The van der Waals surface area contributed by atoms with E-state index in [-0.39, 0.29) is 4.83 Å². The highest BCUT2D eigenvalue weighted by atomic mass is 79.9. The van der Waals surface area contributed by atoms with Gasteiger partial charge in [-0.3, -0.25) is 4.79 Å². The van der Waals surface area contributed by atoms with Crippen LogP contribution >= 0.6 is 15.9 Å². The van der Waals surface area contributed by atoms with Gasteiger partial charge in [-0.05, 0) is 19.3 Å². The third-order valence-electron chi connectivity index (χ3n) is 2.38. The zero-order chi connectivity index (χ0) is 9.68. The second-order valence-electron chi connectivity index (χ2n) is 3.55. The number of ketones is 1. The first-order chi connectivity index (χ1) is 6.24. The lowest BCUT2D eigenvalue weighted by molar-refractivity contribution is -0.122. The molecule has 1 aliphatic rings. The van der Waals surface area contributed by atoms with E-state index in [1.807, 2.05) is 0 Å². The summed E-state index contributed by atoms with van der Waals surface area (Å²) in [5.41, 5.74) is 0. The number of carbonyl (C=O) groups excluding carboxylic acids is 1. The molecule has 2 nitrogen and oxygen atoms in total. The summed E-state index contributed by atoms with van der Waals surface area (Å²) in [7, 11) is 0. The van der Waals surface area contributed by atoms with Crippen LogP contribution in [0.4, 0.5) is 0 Å². The summed E-state index contributed by atoms with van der Waals surface area (Å²) in [5, 5.41) is 0. The molecule has 13 heavy (non-hydrogen) atoms. The van der Waals surface area contributed by atoms with Gasteiger partial charge in [0.2, 0.25) is 0 Å². The van der Waals surface area contributed by atoms with Gasteiger partial charge in [0.05, 0.1) is 10.9 Å². The molecule has 1 saturated carbocycles. The molecule has 0 N–H and O–H groups in total. The number of rotatable bonds is 4. The summed E-state index contributed by atoms with van der Waals surface area (Å²) in [6, 6.07) is 0. The van der Waals surface area contributed by atoms with Crippen molar-refractivity contribution in [2.24, 2.45) is 0 Å². The zero-order valence-corrected chi connectivity index (χ0v) is 9.68. The van der Waals surface area contributed by atoms with Gasteiger partial charge in [0.1, 0.15) is 5.78 Å². The Balaban J connectivity index is 2.17. The average molecular weight is 249 g/mol. The molecule has 2 unspecified atom stereocenters. The van der Waals surface area contributed by atoms with Gasteiger partial charge in [0, 0.05) is 13.0 Å². The second kappa shape index (κ2) is 5.76. The van der Waals surface area contributed by atoms with E-state index in [0.717, 1.165) is 25.9 Å². The van der Waals surface area contributed by atoms with Crippen LogP contribution in [-0.4, -0.2) is 23.3 Å². The van der Waals surface area contributed by atoms with Gasteiger partial charge >= 0.3 is 0 Å². The summed E-state index contributed by atoms with van der Waals surface area (Å²) in [4.78, 5) is 11.2. The monoisotopic (exact) mass is 248 g/mol. The van der Waals surface area contributed by atoms with Crippen molar-refractivity contribution < 1.29 is 9.53 Å². The first-order valence-electron chi connectivity index (χ1n) is 5.02. The van der Waals surface area contributed by atoms with E-state index in [1.165, 1.54) is 6.42 Å². The molecule has 0 aromatic carbocycles. The van der Waals surface area contributed by atoms with E-state index in [2.05, 4.69) is 22.9 Å². The highest BCUT2D eigenvalue weighted by Gasteiger charge is 2.26. The summed E-state index contributed by atoms with van der Waals surface area (Å²) >= 11 is 3.37. The second-order valence-corrected chi connectivity index (χ2v) is 4.66. The Morgan fingerprint density at radius 2 is 2.38 bits per heavy atom. The Kier molecular flexibility index (Phi) is 4.96. The zero-order valence-electron chi connectivity index (χ0n) is 8.09. The molecule has 3 heteroatoms. The quantitative estimate of drug-likeness (QED) is 0.565. The Labute approximate surface area is 88.2 Å². The number of hydrogen-bond acceptors (Lipinski definition) is 2. The van der Waals surface area contributed by atoms with Crippen molar-refractivity contribution in [3.05, 3.63) is 0 Å². The standard InChI is InChI=1S/C10H17BrO2/c1-2-3-6-13-8-4-5-10(12)9(11)7-8/h8-9H,2-7H2,1H3. The molecule has 0 aliphatic heterocycles. The van der Waals surface area contributed by atoms with E-state index >= 15 is 0 Å². The van der Waals surface area contributed by atoms with Gasteiger partial charge in [-0.1, -0.05) is 29.3 Å².